The first-order chi connectivity index (χ1) is 8.70. The molecule has 0 bridgehead atoms. The Labute approximate surface area is 116 Å². The number of benzene rings is 2. The van der Waals surface area contributed by atoms with Crippen LogP contribution in [0.5, 0.6) is 5.75 Å². The number of para-hydroxylation sites is 1. The lowest BCUT2D eigenvalue weighted by molar-refractivity contribution is 0.265. The molecule has 2 aromatic rings. The lowest BCUT2D eigenvalue weighted by atomic mass is 10.1. The van der Waals surface area contributed by atoms with Gasteiger partial charge >= 0.3 is 0 Å². The second kappa shape index (κ2) is 5.82. The highest BCUT2D eigenvalue weighted by Gasteiger charge is 2.14. The highest BCUT2D eigenvalue weighted by atomic mass is 35.5. The van der Waals surface area contributed by atoms with Crippen molar-refractivity contribution in [2.45, 2.75) is 6.10 Å². The summed E-state index contributed by atoms with van der Waals surface area (Å²) < 4.78 is 5.71. The van der Waals surface area contributed by atoms with Crippen molar-refractivity contribution in [2.24, 2.45) is 0 Å². The molecule has 2 aromatic carbocycles. The summed E-state index contributed by atoms with van der Waals surface area (Å²) in [5.41, 5.74) is 0.690. The second-order valence-electron chi connectivity index (χ2n) is 3.64. The highest BCUT2D eigenvalue weighted by molar-refractivity contribution is 6.33. The van der Waals surface area contributed by atoms with Crippen molar-refractivity contribution in [3.05, 3.63) is 64.1 Å². The van der Waals surface area contributed by atoms with E-state index in [0.29, 0.717) is 21.4 Å². The maximum Gasteiger partial charge on any atom is 0.185 e. The molecule has 0 radical (unpaired) electrons. The van der Waals surface area contributed by atoms with Gasteiger partial charge in [0.1, 0.15) is 5.75 Å². The Morgan fingerprint density at radius 3 is 2.44 bits per heavy atom. The molecular formula is C15H10Cl2O. The van der Waals surface area contributed by atoms with Crippen LogP contribution in [0.15, 0.2) is 48.5 Å². The van der Waals surface area contributed by atoms with E-state index in [9.17, 15) is 0 Å². The summed E-state index contributed by atoms with van der Waals surface area (Å²) in [7, 11) is 0. The minimum absolute atomic E-state index is 0.540. The standard InChI is InChI=1S/C15H10Cl2O/c1-2-15(18-12-6-4-3-5-7-12)13-10-11(16)8-9-14(13)17/h1,3-10,15H. The normalized spacial score (nSPS) is 11.6. The molecule has 0 heterocycles. The fraction of sp³-hybridized carbons (Fsp3) is 0.0667. The summed E-state index contributed by atoms with van der Waals surface area (Å²) in [4.78, 5) is 0. The van der Waals surface area contributed by atoms with Crippen LogP contribution in [-0.2, 0) is 0 Å². The van der Waals surface area contributed by atoms with E-state index in [-0.39, 0.29) is 0 Å². The number of hydrogen-bond acceptors (Lipinski definition) is 1. The van der Waals surface area contributed by atoms with E-state index < -0.39 is 6.10 Å². The molecule has 0 amide bonds. The molecule has 0 aromatic heterocycles. The number of terminal acetylenes is 1. The monoisotopic (exact) mass is 276 g/mol. The smallest absolute Gasteiger partial charge is 0.185 e. The zero-order chi connectivity index (χ0) is 13.0. The average Bonchev–Trinajstić information content (AvgIpc) is 2.40. The molecule has 18 heavy (non-hydrogen) atoms. The summed E-state index contributed by atoms with van der Waals surface area (Å²) in [5.74, 6) is 3.26. The average molecular weight is 277 g/mol. The van der Waals surface area contributed by atoms with Crippen molar-refractivity contribution in [2.75, 3.05) is 0 Å². The molecule has 1 atom stereocenters. The Bertz CT molecular complexity index is 573. The maximum atomic E-state index is 6.10. The van der Waals surface area contributed by atoms with Gasteiger partial charge in [0, 0.05) is 15.6 Å². The third kappa shape index (κ3) is 2.98. The van der Waals surface area contributed by atoms with Crippen LogP contribution in [0.1, 0.15) is 11.7 Å². The van der Waals surface area contributed by atoms with Gasteiger partial charge in [-0.1, -0.05) is 47.3 Å². The SMILES string of the molecule is C#CC(Oc1ccccc1)c1cc(Cl)ccc1Cl. The molecule has 0 fully saturated rings. The molecule has 0 aliphatic rings. The summed E-state index contributed by atoms with van der Waals surface area (Å²) in [6, 6.07) is 14.5. The van der Waals surface area contributed by atoms with E-state index in [1.54, 1.807) is 18.2 Å². The highest BCUT2D eigenvalue weighted by Crippen LogP contribution is 2.29. The lowest BCUT2D eigenvalue weighted by Crippen LogP contribution is -2.05. The van der Waals surface area contributed by atoms with E-state index in [4.69, 9.17) is 34.4 Å². The van der Waals surface area contributed by atoms with Crippen molar-refractivity contribution in [1.82, 2.24) is 0 Å². The van der Waals surface area contributed by atoms with Crippen LogP contribution in [0, 0.1) is 12.3 Å². The van der Waals surface area contributed by atoms with Gasteiger partial charge in [0.05, 0.1) is 0 Å². The Morgan fingerprint density at radius 2 is 1.78 bits per heavy atom. The van der Waals surface area contributed by atoms with Gasteiger partial charge in [-0.25, -0.2) is 0 Å². The van der Waals surface area contributed by atoms with Crippen molar-refractivity contribution >= 4 is 23.2 Å². The maximum absolute atomic E-state index is 6.10. The van der Waals surface area contributed by atoms with Crippen LogP contribution in [-0.4, -0.2) is 0 Å². The van der Waals surface area contributed by atoms with Gasteiger partial charge in [-0.15, -0.1) is 6.42 Å². The number of rotatable bonds is 3. The number of halogens is 2. The van der Waals surface area contributed by atoms with E-state index in [2.05, 4.69) is 5.92 Å². The Morgan fingerprint density at radius 1 is 1.06 bits per heavy atom. The number of hydrogen-bond donors (Lipinski definition) is 0. The van der Waals surface area contributed by atoms with E-state index in [1.165, 1.54) is 0 Å². The molecule has 0 saturated carbocycles. The fourth-order valence-corrected chi connectivity index (χ4v) is 1.94. The summed E-state index contributed by atoms with van der Waals surface area (Å²) in [5, 5.41) is 1.12. The van der Waals surface area contributed by atoms with Gasteiger partial charge in [0.25, 0.3) is 0 Å². The van der Waals surface area contributed by atoms with Crippen LogP contribution in [0.25, 0.3) is 0 Å². The minimum Gasteiger partial charge on any atom is -0.473 e. The molecule has 1 nitrogen and oxygen atoms in total. The second-order valence-corrected chi connectivity index (χ2v) is 4.49. The van der Waals surface area contributed by atoms with E-state index >= 15 is 0 Å². The fourth-order valence-electron chi connectivity index (χ4n) is 1.54. The summed E-state index contributed by atoms with van der Waals surface area (Å²) in [6.07, 6.45) is 4.94. The Kier molecular flexibility index (Phi) is 4.15. The number of ether oxygens (including phenoxy) is 1. The van der Waals surface area contributed by atoms with E-state index in [1.807, 2.05) is 30.3 Å². The topological polar surface area (TPSA) is 9.23 Å². The first kappa shape index (κ1) is 12.8. The molecular weight excluding hydrogens is 267 g/mol. The molecule has 0 spiro atoms. The zero-order valence-corrected chi connectivity index (χ0v) is 10.9. The van der Waals surface area contributed by atoms with Crippen LogP contribution in [0.3, 0.4) is 0 Å². The van der Waals surface area contributed by atoms with Crippen molar-refractivity contribution in [1.29, 1.82) is 0 Å². The third-order valence-corrected chi connectivity index (χ3v) is 2.97. The van der Waals surface area contributed by atoms with Crippen molar-refractivity contribution in [3.8, 4) is 18.1 Å². The molecule has 1 unspecified atom stereocenters. The molecule has 2 rings (SSSR count). The quantitative estimate of drug-likeness (QED) is 0.736. The van der Waals surface area contributed by atoms with Crippen LogP contribution < -0.4 is 4.74 Å². The molecule has 0 aliphatic carbocycles. The van der Waals surface area contributed by atoms with Crippen LogP contribution in [0.2, 0.25) is 10.0 Å². The molecule has 90 valence electrons. The van der Waals surface area contributed by atoms with Gasteiger partial charge in [-0.05, 0) is 30.3 Å². The molecule has 0 N–H and O–H groups in total. The Balaban J connectivity index is 2.29. The largest absolute Gasteiger partial charge is 0.473 e. The zero-order valence-electron chi connectivity index (χ0n) is 9.44. The molecule has 0 saturated heterocycles. The summed E-state index contributed by atoms with van der Waals surface area (Å²) in [6.45, 7) is 0. The van der Waals surface area contributed by atoms with E-state index in [0.717, 1.165) is 0 Å². The molecule has 3 heteroatoms. The van der Waals surface area contributed by atoms with Crippen LogP contribution >= 0.6 is 23.2 Å². The van der Waals surface area contributed by atoms with Gasteiger partial charge < -0.3 is 4.74 Å². The van der Waals surface area contributed by atoms with Gasteiger partial charge in [-0.3, -0.25) is 0 Å². The van der Waals surface area contributed by atoms with Crippen LogP contribution in [0.4, 0.5) is 0 Å². The minimum atomic E-state index is -0.557. The predicted molar refractivity (Wildman–Crippen MR) is 75.1 cm³/mol. The van der Waals surface area contributed by atoms with Gasteiger partial charge in [0.15, 0.2) is 6.10 Å². The van der Waals surface area contributed by atoms with Gasteiger partial charge in [-0.2, -0.15) is 0 Å². The molecule has 0 aliphatic heterocycles. The lowest BCUT2D eigenvalue weighted by Gasteiger charge is -2.15. The first-order valence-corrected chi connectivity index (χ1v) is 6.09. The van der Waals surface area contributed by atoms with Gasteiger partial charge in [0.2, 0.25) is 0 Å². The third-order valence-electron chi connectivity index (χ3n) is 2.39. The Hall–Kier alpha value is -1.62. The predicted octanol–water partition coefficient (Wildman–Crippen LogP) is 4.75. The first-order valence-electron chi connectivity index (χ1n) is 5.33. The van der Waals surface area contributed by atoms with Crippen molar-refractivity contribution < 1.29 is 4.74 Å². The van der Waals surface area contributed by atoms with Crippen molar-refractivity contribution in [3.63, 3.8) is 0 Å². The summed E-state index contributed by atoms with van der Waals surface area (Å²) >= 11 is 12.0.